The quantitative estimate of drug-likeness (QED) is 0.397. The predicted octanol–water partition coefficient (Wildman–Crippen LogP) is 8.96. The van der Waals surface area contributed by atoms with Gasteiger partial charge in [-0.15, -0.1) is 0 Å². The molecule has 3 unspecified atom stereocenters. The van der Waals surface area contributed by atoms with Crippen molar-refractivity contribution in [1.29, 1.82) is 0 Å². The summed E-state index contributed by atoms with van der Waals surface area (Å²) in [6, 6.07) is 14.7. The van der Waals surface area contributed by atoms with Gasteiger partial charge in [0, 0.05) is 28.9 Å². The van der Waals surface area contributed by atoms with Crippen LogP contribution in [-0.2, 0) is 0 Å². The fourth-order valence-corrected chi connectivity index (χ4v) is 4.05. The van der Waals surface area contributed by atoms with Crippen molar-refractivity contribution in [2.24, 2.45) is 0 Å². The Morgan fingerprint density at radius 1 is 0.812 bits per heavy atom. The third-order valence-corrected chi connectivity index (χ3v) is 6.29. The molecule has 2 aromatic rings. The van der Waals surface area contributed by atoms with Crippen molar-refractivity contribution in [1.82, 2.24) is 0 Å². The Morgan fingerprint density at radius 2 is 1.47 bits per heavy atom. The Hall–Kier alpha value is -3.06. The van der Waals surface area contributed by atoms with Crippen LogP contribution in [-0.4, -0.2) is 5.11 Å². The van der Waals surface area contributed by atoms with E-state index in [4.69, 9.17) is 0 Å². The number of phenolic OH excluding ortho intramolecular Hbond substituents is 1. The molecule has 0 radical (unpaired) electrons. The van der Waals surface area contributed by atoms with Gasteiger partial charge in [0.15, 0.2) is 0 Å². The van der Waals surface area contributed by atoms with E-state index in [1.807, 2.05) is 38.1 Å². The molecular formula is C31H38O. The fourth-order valence-electron chi connectivity index (χ4n) is 4.05. The molecule has 0 heterocycles. The summed E-state index contributed by atoms with van der Waals surface area (Å²) in [5, 5.41) is 11.4. The average molecular weight is 427 g/mol. The normalized spacial score (nSPS) is 15.5. The van der Waals surface area contributed by atoms with E-state index in [9.17, 15) is 5.11 Å². The number of allylic oxidation sites excluding steroid dienone is 9. The molecule has 0 aliphatic carbocycles. The van der Waals surface area contributed by atoms with E-state index in [1.165, 1.54) is 16.7 Å². The summed E-state index contributed by atoms with van der Waals surface area (Å²) in [6.07, 6.45) is 14.4. The van der Waals surface area contributed by atoms with Crippen molar-refractivity contribution in [3.63, 3.8) is 0 Å². The van der Waals surface area contributed by atoms with Gasteiger partial charge in [-0.2, -0.15) is 0 Å². The lowest BCUT2D eigenvalue weighted by Gasteiger charge is -2.24. The van der Waals surface area contributed by atoms with E-state index in [2.05, 4.69) is 95.0 Å². The van der Waals surface area contributed by atoms with Crippen molar-refractivity contribution >= 4 is 0 Å². The molecule has 0 aromatic heterocycles. The molecule has 1 N–H and O–H groups in total. The monoisotopic (exact) mass is 426 g/mol. The molecular weight excluding hydrogens is 388 g/mol. The van der Waals surface area contributed by atoms with Crippen LogP contribution in [0, 0.1) is 0 Å². The van der Waals surface area contributed by atoms with E-state index in [-0.39, 0.29) is 17.8 Å². The molecule has 0 fully saturated rings. The van der Waals surface area contributed by atoms with Crippen LogP contribution in [0.25, 0.3) is 0 Å². The van der Waals surface area contributed by atoms with Crippen LogP contribution in [0.4, 0.5) is 0 Å². The van der Waals surface area contributed by atoms with E-state index in [1.54, 1.807) is 0 Å². The van der Waals surface area contributed by atoms with Crippen LogP contribution in [0.15, 0.2) is 103 Å². The zero-order valence-electron chi connectivity index (χ0n) is 20.5. The second kappa shape index (κ2) is 12.1. The summed E-state index contributed by atoms with van der Waals surface area (Å²) < 4.78 is 0. The second-order valence-electron chi connectivity index (χ2n) is 8.37. The van der Waals surface area contributed by atoms with Crippen LogP contribution in [0.5, 0.6) is 5.75 Å². The van der Waals surface area contributed by atoms with Crippen LogP contribution in [0.1, 0.15) is 81.5 Å². The average Bonchev–Trinajstić information content (AvgIpc) is 2.82. The summed E-state index contributed by atoms with van der Waals surface area (Å²) in [5.74, 6) is 0.693. The SMILES string of the molecule is C=C(/C=C\C=C/C)C(C)c1cc(C(C)C(/C=C\C)=C/C)c(O)c(C(C)c2ccccc2)c1. The first kappa shape index (κ1) is 25.2. The summed E-state index contributed by atoms with van der Waals surface area (Å²) >= 11 is 0. The number of phenols is 1. The Labute approximate surface area is 195 Å². The van der Waals surface area contributed by atoms with Gasteiger partial charge in [-0.3, -0.25) is 0 Å². The number of benzene rings is 2. The van der Waals surface area contributed by atoms with Crippen molar-refractivity contribution in [3.8, 4) is 5.75 Å². The van der Waals surface area contributed by atoms with E-state index >= 15 is 0 Å². The molecule has 1 heteroatoms. The minimum absolute atomic E-state index is 0.0805. The van der Waals surface area contributed by atoms with Gasteiger partial charge < -0.3 is 5.11 Å². The lowest BCUT2D eigenvalue weighted by Crippen LogP contribution is -2.06. The lowest BCUT2D eigenvalue weighted by atomic mass is 9.81. The zero-order chi connectivity index (χ0) is 23.7. The molecule has 0 saturated heterocycles. The fraction of sp³-hybridized carbons (Fsp3) is 0.290. The summed E-state index contributed by atoms with van der Waals surface area (Å²) in [7, 11) is 0. The highest BCUT2D eigenvalue weighted by Crippen LogP contribution is 2.42. The molecule has 32 heavy (non-hydrogen) atoms. The van der Waals surface area contributed by atoms with Gasteiger partial charge in [-0.05, 0) is 43.0 Å². The minimum atomic E-state index is 0.0805. The Bertz CT molecular complexity index is 1020. The van der Waals surface area contributed by atoms with Gasteiger partial charge in [-0.1, -0.05) is 112 Å². The molecule has 1 nitrogen and oxygen atoms in total. The van der Waals surface area contributed by atoms with E-state index in [0.717, 1.165) is 16.7 Å². The summed E-state index contributed by atoms with van der Waals surface area (Å²) in [6.45, 7) is 16.9. The van der Waals surface area contributed by atoms with Crippen molar-refractivity contribution in [3.05, 3.63) is 125 Å². The van der Waals surface area contributed by atoms with Gasteiger partial charge in [0.25, 0.3) is 0 Å². The van der Waals surface area contributed by atoms with Crippen LogP contribution in [0.2, 0.25) is 0 Å². The number of hydrogen-bond acceptors (Lipinski definition) is 1. The van der Waals surface area contributed by atoms with Crippen molar-refractivity contribution < 1.29 is 5.11 Å². The smallest absolute Gasteiger partial charge is 0.123 e. The molecule has 0 amide bonds. The molecule has 2 rings (SSSR count). The molecule has 0 aliphatic rings. The zero-order valence-corrected chi connectivity index (χ0v) is 20.5. The first-order chi connectivity index (χ1) is 15.3. The third kappa shape index (κ3) is 6.01. The van der Waals surface area contributed by atoms with Crippen molar-refractivity contribution in [2.45, 2.75) is 59.3 Å². The maximum atomic E-state index is 11.4. The summed E-state index contributed by atoms with van der Waals surface area (Å²) in [4.78, 5) is 0. The number of rotatable bonds is 9. The molecule has 2 aromatic carbocycles. The highest BCUT2D eigenvalue weighted by molar-refractivity contribution is 5.54. The Kier molecular flexibility index (Phi) is 9.53. The molecule has 0 spiro atoms. The van der Waals surface area contributed by atoms with E-state index in [0.29, 0.717) is 5.75 Å². The molecule has 0 bridgehead atoms. The highest BCUT2D eigenvalue weighted by atomic mass is 16.3. The van der Waals surface area contributed by atoms with Crippen LogP contribution < -0.4 is 0 Å². The first-order valence-electron chi connectivity index (χ1n) is 11.5. The van der Waals surface area contributed by atoms with Gasteiger partial charge in [-0.25, -0.2) is 0 Å². The largest absolute Gasteiger partial charge is 0.507 e. The van der Waals surface area contributed by atoms with Crippen LogP contribution in [0.3, 0.4) is 0 Å². The number of aromatic hydroxyl groups is 1. The highest BCUT2D eigenvalue weighted by Gasteiger charge is 2.23. The van der Waals surface area contributed by atoms with Gasteiger partial charge in [0.05, 0.1) is 0 Å². The summed E-state index contributed by atoms with van der Waals surface area (Å²) in [5.41, 5.74) is 6.53. The van der Waals surface area contributed by atoms with E-state index < -0.39 is 0 Å². The topological polar surface area (TPSA) is 20.2 Å². The molecule has 0 saturated carbocycles. The second-order valence-corrected chi connectivity index (χ2v) is 8.37. The van der Waals surface area contributed by atoms with Crippen LogP contribution >= 0.6 is 0 Å². The maximum Gasteiger partial charge on any atom is 0.123 e. The van der Waals surface area contributed by atoms with Gasteiger partial charge in [0.2, 0.25) is 0 Å². The van der Waals surface area contributed by atoms with Gasteiger partial charge >= 0.3 is 0 Å². The first-order valence-corrected chi connectivity index (χ1v) is 11.5. The lowest BCUT2D eigenvalue weighted by molar-refractivity contribution is 0.456. The standard InChI is InChI=1S/C31H38O/c1-8-11-13-17-22(4)23(5)28-20-29(24(6)26(10-3)16-9-2)31(32)30(21-28)25(7)27-18-14-12-15-19-27/h8-21,23-25,32H,4H2,1-3,5-7H3/b11-8-,16-9-,17-13-,26-10+. The maximum absolute atomic E-state index is 11.4. The molecule has 168 valence electrons. The number of hydrogen-bond donors (Lipinski definition) is 1. The third-order valence-electron chi connectivity index (χ3n) is 6.29. The van der Waals surface area contributed by atoms with Gasteiger partial charge in [0.1, 0.15) is 5.75 Å². The Balaban J connectivity index is 2.65. The van der Waals surface area contributed by atoms with Crippen molar-refractivity contribution in [2.75, 3.05) is 0 Å². The molecule has 0 aliphatic heterocycles. The minimum Gasteiger partial charge on any atom is -0.507 e. The Morgan fingerprint density at radius 3 is 2.06 bits per heavy atom. The molecule has 3 atom stereocenters. The predicted molar refractivity (Wildman–Crippen MR) is 141 cm³/mol.